The van der Waals surface area contributed by atoms with Gasteiger partial charge in [-0.15, -0.1) is 0 Å². The zero-order valence-corrected chi connectivity index (χ0v) is 27.8. The highest BCUT2D eigenvalue weighted by molar-refractivity contribution is 6.66. The van der Waals surface area contributed by atoms with Gasteiger partial charge in [-0.3, -0.25) is 0 Å². The number of ether oxygens (including phenoxy) is 2. The SMILES string of the molecule is CCCCCC[Si](C)(OC)OC.CO[SiH](C)OC.CO[Si](C)(CCCCCCOCC1CO1)OC. The van der Waals surface area contributed by atoms with Crippen molar-refractivity contribution in [2.75, 3.05) is 62.5 Å². The summed E-state index contributed by atoms with van der Waals surface area (Å²) in [6.07, 6.45) is 10.4. The van der Waals surface area contributed by atoms with Crippen molar-refractivity contribution in [3.8, 4) is 0 Å². The molecule has 214 valence electrons. The van der Waals surface area contributed by atoms with Crippen molar-refractivity contribution < 1.29 is 36.0 Å². The van der Waals surface area contributed by atoms with Crippen LogP contribution in [-0.4, -0.2) is 95.0 Å². The first-order chi connectivity index (χ1) is 16.7. The molecule has 1 rings (SSSR count). The Balaban J connectivity index is 0. The number of epoxide rings is 1. The van der Waals surface area contributed by atoms with Crippen LogP contribution in [-0.2, 0) is 36.0 Å². The van der Waals surface area contributed by atoms with Crippen molar-refractivity contribution in [1.29, 1.82) is 0 Å². The average molecular weight is 559 g/mol. The largest absolute Gasteiger partial charge is 0.400 e. The summed E-state index contributed by atoms with van der Waals surface area (Å²) in [4.78, 5) is 0. The van der Waals surface area contributed by atoms with Crippen molar-refractivity contribution in [1.82, 2.24) is 0 Å². The standard InChI is InChI=1S/C12H26O4Si.C9H22O2Si.C3H10O2Si/c1-13-17(3,14-2)9-7-5-4-6-8-15-10-12-11-16-12;1-5-6-7-8-9-12(4,10-2)11-3;1-4-6(3)5-2/h12H,4-11H2,1-3H3;5-9H2,1-4H3;6H,1-3H3. The minimum absolute atomic E-state index is 0.394. The summed E-state index contributed by atoms with van der Waals surface area (Å²) < 4.78 is 41.8. The van der Waals surface area contributed by atoms with Crippen LogP contribution in [0, 0.1) is 0 Å². The maximum atomic E-state index is 5.48. The summed E-state index contributed by atoms with van der Waals surface area (Å²) in [6, 6.07) is 2.21. The average Bonchev–Trinajstić information content (AvgIpc) is 3.72. The molecule has 35 heavy (non-hydrogen) atoms. The number of rotatable bonds is 20. The first-order valence-corrected chi connectivity index (χ1v) is 20.3. The van der Waals surface area contributed by atoms with Crippen molar-refractivity contribution >= 4 is 26.4 Å². The quantitative estimate of drug-likeness (QED) is 0.112. The van der Waals surface area contributed by atoms with Gasteiger partial charge in [0, 0.05) is 49.3 Å². The van der Waals surface area contributed by atoms with Crippen molar-refractivity contribution in [3.05, 3.63) is 0 Å². The summed E-state index contributed by atoms with van der Waals surface area (Å²) in [5, 5.41) is 0. The van der Waals surface area contributed by atoms with Crippen molar-refractivity contribution in [2.24, 2.45) is 0 Å². The Morgan fingerprint density at radius 2 is 1.14 bits per heavy atom. The molecule has 11 heteroatoms. The highest BCUT2D eigenvalue weighted by Gasteiger charge is 2.28. The summed E-state index contributed by atoms with van der Waals surface area (Å²) in [5.41, 5.74) is 0. The highest BCUT2D eigenvalue weighted by Crippen LogP contribution is 2.17. The minimum Gasteiger partial charge on any atom is -0.400 e. The van der Waals surface area contributed by atoms with E-state index in [2.05, 4.69) is 20.0 Å². The van der Waals surface area contributed by atoms with E-state index in [9.17, 15) is 0 Å². The summed E-state index contributed by atoms with van der Waals surface area (Å²) in [5.74, 6) is 0. The summed E-state index contributed by atoms with van der Waals surface area (Å²) in [7, 11) is 5.63. The van der Waals surface area contributed by atoms with Gasteiger partial charge >= 0.3 is 26.4 Å². The van der Waals surface area contributed by atoms with E-state index in [0.29, 0.717) is 6.10 Å². The van der Waals surface area contributed by atoms with Gasteiger partial charge in [0.1, 0.15) is 6.10 Å². The van der Waals surface area contributed by atoms with E-state index in [-0.39, 0.29) is 0 Å². The maximum absolute atomic E-state index is 5.48. The third kappa shape index (κ3) is 24.4. The van der Waals surface area contributed by atoms with E-state index in [1.165, 1.54) is 44.9 Å². The van der Waals surface area contributed by atoms with Crippen LogP contribution in [0.3, 0.4) is 0 Å². The van der Waals surface area contributed by atoms with E-state index < -0.39 is 26.4 Å². The Morgan fingerprint density at radius 1 is 0.714 bits per heavy atom. The van der Waals surface area contributed by atoms with Crippen LogP contribution < -0.4 is 0 Å². The molecule has 0 N–H and O–H groups in total. The zero-order valence-electron chi connectivity index (χ0n) is 24.6. The molecule has 1 heterocycles. The Labute approximate surface area is 221 Å². The summed E-state index contributed by atoms with van der Waals surface area (Å²) >= 11 is 0. The number of hydrogen-bond acceptors (Lipinski definition) is 8. The van der Waals surface area contributed by atoms with Crippen LogP contribution in [0.5, 0.6) is 0 Å². The molecular weight excluding hydrogens is 501 g/mol. The number of unbranched alkanes of at least 4 members (excludes halogenated alkanes) is 6. The highest BCUT2D eigenvalue weighted by atomic mass is 28.4. The van der Waals surface area contributed by atoms with Gasteiger partial charge in [0.05, 0.1) is 13.2 Å². The molecule has 0 aromatic rings. The predicted octanol–water partition coefficient (Wildman–Crippen LogP) is 5.39. The smallest absolute Gasteiger partial charge is 0.334 e. The van der Waals surface area contributed by atoms with Gasteiger partial charge in [0.25, 0.3) is 0 Å². The Morgan fingerprint density at radius 3 is 1.49 bits per heavy atom. The van der Waals surface area contributed by atoms with Crippen LogP contribution in [0.2, 0.25) is 31.7 Å². The zero-order chi connectivity index (χ0) is 27.0. The van der Waals surface area contributed by atoms with E-state index in [0.717, 1.165) is 38.3 Å². The van der Waals surface area contributed by atoms with Crippen LogP contribution in [0.4, 0.5) is 0 Å². The van der Waals surface area contributed by atoms with Crippen LogP contribution >= 0.6 is 0 Å². The molecular formula is C24H58O8Si3. The maximum Gasteiger partial charge on any atom is 0.334 e. The van der Waals surface area contributed by atoms with Crippen molar-refractivity contribution in [2.45, 2.75) is 96.1 Å². The first-order valence-electron chi connectivity index (χ1n) is 13.1. The second kappa shape index (κ2) is 24.7. The van der Waals surface area contributed by atoms with Crippen LogP contribution in [0.25, 0.3) is 0 Å². The molecule has 0 aromatic carbocycles. The molecule has 1 fully saturated rings. The van der Waals surface area contributed by atoms with Crippen LogP contribution in [0.15, 0.2) is 0 Å². The fraction of sp³-hybridized carbons (Fsp3) is 1.00. The molecule has 1 aliphatic heterocycles. The monoisotopic (exact) mass is 558 g/mol. The van der Waals surface area contributed by atoms with E-state index in [4.69, 9.17) is 36.0 Å². The second-order valence-electron chi connectivity index (χ2n) is 9.13. The number of hydrogen-bond donors (Lipinski definition) is 0. The molecule has 0 spiro atoms. The van der Waals surface area contributed by atoms with Gasteiger partial charge in [-0.1, -0.05) is 51.9 Å². The van der Waals surface area contributed by atoms with Crippen molar-refractivity contribution in [3.63, 3.8) is 0 Å². The fourth-order valence-electron chi connectivity index (χ4n) is 2.93. The third-order valence-corrected chi connectivity index (χ3v) is 13.6. The lowest BCUT2D eigenvalue weighted by atomic mass is 10.2. The topological polar surface area (TPSA) is 77.1 Å². The molecule has 8 nitrogen and oxygen atoms in total. The van der Waals surface area contributed by atoms with Crippen LogP contribution in [0.1, 0.15) is 58.3 Å². The molecule has 0 amide bonds. The van der Waals surface area contributed by atoms with Gasteiger partial charge in [-0.05, 0) is 38.2 Å². The molecule has 0 aromatic heterocycles. The van der Waals surface area contributed by atoms with E-state index in [1.807, 2.05) is 6.55 Å². The van der Waals surface area contributed by atoms with Gasteiger partial charge in [-0.2, -0.15) is 0 Å². The Bertz CT molecular complexity index is 433. The van der Waals surface area contributed by atoms with Gasteiger partial charge < -0.3 is 36.0 Å². The molecule has 0 aliphatic carbocycles. The molecule has 0 saturated carbocycles. The minimum atomic E-state index is -1.83. The summed E-state index contributed by atoms with van der Waals surface area (Å²) in [6.45, 7) is 11.0. The first kappa shape index (κ1) is 37.5. The lowest BCUT2D eigenvalue weighted by molar-refractivity contribution is 0.113. The Kier molecular flexibility index (Phi) is 26.4. The fourth-order valence-corrected chi connectivity index (χ4v) is 6.05. The van der Waals surface area contributed by atoms with Gasteiger partial charge in [0.2, 0.25) is 0 Å². The lowest BCUT2D eigenvalue weighted by Crippen LogP contribution is -2.35. The molecule has 0 bridgehead atoms. The lowest BCUT2D eigenvalue weighted by Gasteiger charge is -2.22. The van der Waals surface area contributed by atoms with E-state index >= 15 is 0 Å². The molecule has 0 radical (unpaired) electrons. The third-order valence-electron chi connectivity index (χ3n) is 6.25. The van der Waals surface area contributed by atoms with Gasteiger partial charge in [0.15, 0.2) is 0 Å². The normalized spacial score (nSPS) is 15.3. The predicted molar refractivity (Wildman–Crippen MR) is 151 cm³/mol. The Hall–Kier alpha value is 0.331. The second-order valence-corrected chi connectivity index (χ2v) is 18.4. The molecule has 1 aliphatic rings. The van der Waals surface area contributed by atoms with Gasteiger partial charge in [-0.25, -0.2) is 0 Å². The molecule has 1 unspecified atom stereocenters. The van der Waals surface area contributed by atoms with E-state index in [1.54, 1.807) is 42.7 Å². The molecule has 1 saturated heterocycles. The molecule has 1 atom stereocenters.